The molecular weight excluding hydrogens is 236 g/mol. The van der Waals surface area contributed by atoms with Gasteiger partial charge in [0.25, 0.3) is 0 Å². The van der Waals surface area contributed by atoms with E-state index in [1.165, 1.54) is 11.1 Å². The Morgan fingerprint density at radius 3 is 2.68 bits per heavy atom. The molecule has 4 nitrogen and oxygen atoms in total. The molecule has 19 heavy (non-hydrogen) atoms. The zero-order valence-corrected chi connectivity index (χ0v) is 12.4. The number of aromatic nitrogens is 3. The predicted molar refractivity (Wildman–Crippen MR) is 77.7 cm³/mol. The van der Waals surface area contributed by atoms with Gasteiger partial charge in [-0.05, 0) is 51.4 Å². The second-order valence-corrected chi connectivity index (χ2v) is 4.97. The predicted octanol–water partition coefficient (Wildman–Crippen LogP) is 2.86. The van der Waals surface area contributed by atoms with Gasteiger partial charge in [-0.15, -0.1) is 5.10 Å². The summed E-state index contributed by atoms with van der Waals surface area (Å²) in [5.41, 5.74) is 5.75. The third kappa shape index (κ3) is 2.54. The molecule has 1 aromatic heterocycles. The molecule has 0 amide bonds. The van der Waals surface area contributed by atoms with E-state index in [1.54, 1.807) is 0 Å². The number of aryl methyl sites for hydroxylation is 1. The van der Waals surface area contributed by atoms with E-state index in [0.29, 0.717) is 0 Å². The summed E-state index contributed by atoms with van der Waals surface area (Å²) in [4.78, 5) is 0. The lowest BCUT2D eigenvalue weighted by molar-refractivity contribution is 0.579. The Kier molecular flexibility index (Phi) is 4.00. The highest BCUT2D eigenvalue weighted by molar-refractivity contribution is 5.45. The van der Waals surface area contributed by atoms with Gasteiger partial charge in [-0.1, -0.05) is 24.3 Å². The first kappa shape index (κ1) is 13.7. The van der Waals surface area contributed by atoms with Crippen LogP contribution in [0.5, 0.6) is 0 Å². The van der Waals surface area contributed by atoms with E-state index in [1.807, 2.05) is 4.68 Å². The quantitative estimate of drug-likeness (QED) is 0.917. The first-order valence-electron chi connectivity index (χ1n) is 6.78. The van der Waals surface area contributed by atoms with Gasteiger partial charge in [-0.3, -0.25) is 0 Å². The number of nitrogens with one attached hydrogen (secondary N) is 1. The largest absolute Gasteiger partial charge is 0.309 e. The molecule has 4 heteroatoms. The molecule has 2 rings (SSSR count). The standard InChI is InChI=1S/C15H22N4/c1-6-16-12(4)15-13(5)19(18-17-15)14-9-7-8-10(2)11(14)3/h7-9,12,16H,6H2,1-5H3. The summed E-state index contributed by atoms with van der Waals surface area (Å²) < 4.78 is 1.94. The van der Waals surface area contributed by atoms with Crippen LogP contribution in [0, 0.1) is 20.8 Å². The fourth-order valence-electron chi connectivity index (χ4n) is 2.34. The van der Waals surface area contributed by atoms with Gasteiger partial charge in [0.15, 0.2) is 0 Å². The van der Waals surface area contributed by atoms with Crippen molar-refractivity contribution in [1.29, 1.82) is 0 Å². The molecule has 1 aromatic carbocycles. The van der Waals surface area contributed by atoms with Crippen molar-refractivity contribution in [2.75, 3.05) is 6.54 Å². The Morgan fingerprint density at radius 2 is 2.00 bits per heavy atom. The average molecular weight is 258 g/mol. The Balaban J connectivity index is 2.44. The maximum absolute atomic E-state index is 4.33. The van der Waals surface area contributed by atoms with Crippen molar-refractivity contribution < 1.29 is 0 Å². The van der Waals surface area contributed by atoms with Gasteiger partial charge in [0.2, 0.25) is 0 Å². The molecule has 0 spiro atoms. The second kappa shape index (κ2) is 5.53. The van der Waals surface area contributed by atoms with E-state index < -0.39 is 0 Å². The smallest absolute Gasteiger partial charge is 0.103 e. The molecule has 2 aromatic rings. The lowest BCUT2D eigenvalue weighted by Crippen LogP contribution is -2.19. The van der Waals surface area contributed by atoms with Crippen LogP contribution in [-0.2, 0) is 0 Å². The van der Waals surface area contributed by atoms with Crippen molar-refractivity contribution in [3.8, 4) is 5.69 Å². The van der Waals surface area contributed by atoms with Gasteiger partial charge in [-0.25, -0.2) is 4.68 Å². The van der Waals surface area contributed by atoms with E-state index in [-0.39, 0.29) is 6.04 Å². The first-order chi connectivity index (χ1) is 9.06. The normalized spacial score (nSPS) is 12.7. The molecule has 0 bridgehead atoms. The summed E-state index contributed by atoms with van der Waals surface area (Å²) >= 11 is 0. The van der Waals surface area contributed by atoms with E-state index in [9.17, 15) is 0 Å². The van der Waals surface area contributed by atoms with Crippen LogP contribution in [-0.4, -0.2) is 21.5 Å². The fraction of sp³-hybridized carbons (Fsp3) is 0.467. The van der Waals surface area contributed by atoms with Gasteiger partial charge in [-0.2, -0.15) is 0 Å². The minimum Gasteiger partial charge on any atom is -0.309 e. The van der Waals surface area contributed by atoms with Gasteiger partial charge in [0, 0.05) is 0 Å². The van der Waals surface area contributed by atoms with Gasteiger partial charge < -0.3 is 5.32 Å². The molecule has 0 saturated carbocycles. The number of hydrogen-bond acceptors (Lipinski definition) is 3. The zero-order chi connectivity index (χ0) is 14.0. The molecule has 0 aliphatic rings. The lowest BCUT2D eigenvalue weighted by atomic mass is 10.1. The number of hydrogen-bond donors (Lipinski definition) is 1. The van der Waals surface area contributed by atoms with Crippen LogP contribution in [0.25, 0.3) is 5.69 Å². The summed E-state index contributed by atoms with van der Waals surface area (Å²) in [5, 5.41) is 12.0. The summed E-state index contributed by atoms with van der Waals surface area (Å²) in [6, 6.07) is 6.49. The van der Waals surface area contributed by atoms with Crippen LogP contribution in [0.2, 0.25) is 0 Å². The first-order valence-corrected chi connectivity index (χ1v) is 6.78. The third-order valence-corrected chi connectivity index (χ3v) is 3.65. The Morgan fingerprint density at radius 1 is 1.26 bits per heavy atom. The highest BCUT2D eigenvalue weighted by Gasteiger charge is 2.16. The number of nitrogens with zero attached hydrogens (tertiary/aromatic N) is 3. The molecule has 0 fully saturated rings. The van der Waals surface area contributed by atoms with Crippen LogP contribution < -0.4 is 5.32 Å². The highest BCUT2D eigenvalue weighted by Crippen LogP contribution is 2.21. The van der Waals surface area contributed by atoms with Gasteiger partial charge >= 0.3 is 0 Å². The second-order valence-electron chi connectivity index (χ2n) is 4.97. The lowest BCUT2D eigenvalue weighted by Gasteiger charge is -2.12. The van der Waals surface area contributed by atoms with Crippen LogP contribution >= 0.6 is 0 Å². The molecule has 102 valence electrons. The molecule has 0 aliphatic heterocycles. The van der Waals surface area contributed by atoms with Crippen molar-refractivity contribution in [3.63, 3.8) is 0 Å². The molecule has 1 heterocycles. The molecule has 0 saturated heterocycles. The monoisotopic (exact) mass is 258 g/mol. The SMILES string of the molecule is CCNC(C)c1nnn(-c2cccc(C)c2C)c1C. The van der Waals surface area contributed by atoms with Crippen LogP contribution in [0.4, 0.5) is 0 Å². The van der Waals surface area contributed by atoms with Crippen LogP contribution in [0.15, 0.2) is 18.2 Å². The minimum atomic E-state index is 0.226. The maximum atomic E-state index is 4.33. The van der Waals surface area contributed by atoms with Gasteiger partial charge in [0.05, 0.1) is 17.4 Å². The average Bonchev–Trinajstić information content (AvgIpc) is 2.75. The van der Waals surface area contributed by atoms with Crippen molar-refractivity contribution in [1.82, 2.24) is 20.3 Å². The van der Waals surface area contributed by atoms with E-state index in [2.05, 4.69) is 68.4 Å². The summed E-state index contributed by atoms with van der Waals surface area (Å²) in [6.07, 6.45) is 0. The molecule has 1 atom stereocenters. The fourth-order valence-corrected chi connectivity index (χ4v) is 2.34. The Hall–Kier alpha value is -1.68. The van der Waals surface area contributed by atoms with Crippen molar-refractivity contribution in [2.24, 2.45) is 0 Å². The molecule has 1 N–H and O–H groups in total. The highest BCUT2D eigenvalue weighted by atomic mass is 15.4. The van der Waals surface area contributed by atoms with Crippen molar-refractivity contribution in [2.45, 2.75) is 40.7 Å². The van der Waals surface area contributed by atoms with E-state index in [0.717, 1.165) is 23.6 Å². The number of rotatable bonds is 4. The summed E-state index contributed by atoms with van der Waals surface area (Å²) in [7, 11) is 0. The van der Waals surface area contributed by atoms with Gasteiger partial charge in [0.1, 0.15) is 5.69 Å². The zero-order valence-electron chi connectivity index (χ0n) is 12.4. The summed E-state index contributed by atoms with van der Waals surface area (Å²) in [5.74, 6) is 0. The molecular formula is C15H22N4. The minimum absolute atomic E-state index is 0.226. The molecule has 0 radical (unpaired) electrons. The van der Waals surface area contributed by atoms with Crippen molar-refractivity contribution >= 4 is 0 Å². The Labute approximate surface area is 114 Å². The molecule has 0 aliphatic carbocycles. The van der Waals surface area contributed by atoms with Crippen LogP contribution in [0.3, 0.4) is 0 Å². The summed E-state index contributed by atoms with van der Waals surface area (Å²) in [6.45, 7) is 11.5. The van der Waals surface area contributed by atoms with E-state index >= 15 is 0 Å². The third-order valence-electron chi connectivity index (χ3n) is 3.65. The van der Waals surface area contributed by atoms with Crippen molar-refractivity contribution in [3.05, 3.63) is 40.7 Å². The molecule has 1 unspecified atom stereocenters. The topological polar surface area (TPSA) is 42.7 Å². The van der Waals surface area contributed by atoms with E-state index in [4.69, 9.17) is 0 Å². The number of benzene rings is 1. The Bertz CT molecular complexity index is 572. The maximum Gasteiger partial charge on any atom is 0.103 e. The van der Waals surface area contributed by atoms with Crippen LogP contribution in [0.1, 0.15) is 42.4 Å².